The highest BCUT2D eigenvalue weighted by Crippen LogP contribution is 2.25. The van der Waals surface area contributed by atoms with E-state index in [9.17, 15) is 27.9 Å². The van der Waals surface area contributed by atoms with Crippen molar-refractivity contribution in [1.82, 2.24) is 24.4 Å². The zero-order valence-electron chi connectivity index (χ0n) is 30.2. The molecule has 14 nitrogen and oxygen atoms in total. The largest absolute Gasteiger partial charge is 0.411 e. The van der Waals surface area contributed by atoms with Crippen LogP contribution in [0.15, 0.2) is 70.0 Å². The number of aliphatic hydroxyl groups is 1. The van der Waals surface area contributed by atoms with Crippen LogP contribution in [0.4, 0.5) is 9.93 Å². The van der Waals surface area contributed by atoms with E-state index in [2.05, 4.69) is 20.8 Å². The number of thiazole rings is 1. The molecule has 4 atom stereocenters. The van der Waals surface area contributed by atoms with E-state index in [-0.39, 0.29) is 54.7 Å². The van der Waals surface area contributed by atoms with Gasteiger partial charge >= 0.3 is 6.03 Å². The number of rotatable bonds is 18. The van der Waals surface area contributed by atoms with Crippen LogP contribution >= 0.6 is 11.3 Å². The first-order valence-corrected chi connectivity index (χ1v) is 19.6. The second-order valence-corrected chi connectivity index (χ2v) is 16.3. The Hall–Kier alpha value is -4.38. The molecule has 4 N–H and O–H groups in total. The van der Waals surface area contributed by atoms with Gasteiger partial charge in [0.25, 0.3) is 0 Å². The maximum atomic E-state index is 14.3. The van der Waals surface area contributed by atoms with Gasteiger partial charge in [0.15, 0.2) is 5.13 Å². The third-order valence-corrected chi connectivity index (χ3v) is 11.5. The van der Waals surface area contributed by atoms with Crippen molar-refractivity contribution in [1.29, 1.82) is 0 Å². The van der Waals surface area contributed by atoms with Crippen LogP contribution in [0.2, 0.25) is 0 Å². The van der Waals surface area contributed by atoms with Gasteiger partial charge in [-0.3, -0.25) is 9.59 Å². The molecule has 3 aromatic rings. The van der Waals surface area contributed by atoms with Crippen LogP contribution in [-0.2, 0) is 32.6 Å². The first kappa shape index (κ1) is 40.4. The van der Waals surface area contributed by atoms with Crippen LogP contribution in [0.5, 0.6) is 0 Å². The number of aromatic nitrogens is 1. The molecule has 16 heteroatoms. The topological polar surface area (TPSA) is 185 Å². The van der Waals surface area contributed by atoms with Gasteiger partial charge in [-0.05, 0) is 41.5 Å². The van der Waals surface area contributed by atoms with Gasteiger partial charge in [0.1, 0.15) is 6.04 Å². The standard InChI is InChI=1S/C36H49N7O7S2/c1-6-25(4)33(43-17-16-41(36(43)47)21-29-23-51-35(39-29)38-26(5)44)34(46)40-31(18-27-10-8-7-9-11-27)32(45)22-42(20-24(2)3)52(49,50)30-14-12-28(13-15-30)19-37-48/h7-15,19,23-25,31-33,45,48H,6,16-18,20-22H2,1-5H3,(H,40,46)(H,38,39,44)/t25-,31-,32-,33-/m0/s1. The van der Waals surface area contributed by atoms with Crippen LogP contribution in [0.3, 0.4) is 0 Å². The molecule has 0 bridgehead atoms. The minimum Gasteiger partial charge on any atom is -0.411 e. The molecule has 1 saturated heterocycles. The molecule has 0 saturated carbocycles. The molecule has 4 amide bonds. The highest BCUT2D eigenvalue weighted by molar-refractivity contribution is 7.89. The summed E-state index contributed by atoms with van der Waals surface area (Å²) in [6.07, 6.45) is 0.689. The molecule has 282 valence electrons. The van der Waals surface area contributed by atoms with Crippen molar-refractivity contribution in [3.63, 3.8) is 0 Å². The summed E-state index contributed by atoms with van der Waals surface area (Å²) in [7, 11) is -4.08. The molecule has 1 aliphatic rings. The number of aliphatic hydroxyl groups excluding tert-OH is 1. The van der Waals surface area contributed by atoms with Crippen molar-refractivity contribution in [2.75, 3.05) is 31.5 Å². The molecular weight excluding hydrogens is 707 g/mol. The molecule has 52 heavy (non-hydrogen) atoms. The maximum absolute atomic E-state index is 14.3. The van der Waals surface area contributed by atoms with Gasteiger partial charge < -0.3 is 30.7 Å². The summed E-state index contributed by atoms with van der Waals surface area (Å²) in [6.45, 7) is 9.71. The van der Waals surface area contributed by atoms with Gasteiger partial charge in [-0.25, -0.2) is 18.2 Å². The number of oxime groups is 1. The van der Waals surface area contributed by atoms with Crippen LogP contribution in [0.1, 0.15) is 57.9 Å². The molecular formula is C36H49N7O7S2. The summed E-state index contributed by atoms with van der Waals surface area (Å²) < 4.78 is 29.0. The Balaban J connectivity index is 1.57. The van der Waals surface area contributed by atoms with Gasteiger partial charge in [0, 0.05) is 38.5 Å². The van der Waals surface area contributed by atoms with E-state index in [1.54, 1.807) is 15.2 Å². The average molecular weight is 756 g/mol. The molecule has 1 fully saturated rings. The predicted octanol–water partition coefficient (Wildman–Crippen LogP) is 4.00. The normalized spacial score (nSPS) is 16.0. The second kappa shape index (κ2) is 18.4. The molecule has 0 radical (unpaired) electrons. The lowest BCUT2D eigenvalue weighted by Gasteiger charge is -2.35. The summed E-state index contributed by atoms with van der Waals surface area (Å²) in [6, 6.07) is 13.1. The van der Waals surface area contributed by atoms with Crippen LogP contribution < -0.4 is 10.6 Å². The number of nitrogens with one attached hydrogen (secondary N) is 2. The van der Waals surface area contributed by atoms with Crippen molar-refractivity contribution in [3.05, 3.63) is 76.8 Å². The van der Waals surface area contributed by atoms with E-state index in [1.165, 1.54) is 53.0 Å². The van der Waals surface area contributed by atoms with E-state index in [4.69, 9.17) is 5.21 Å². The number of hydrogen-bond acceptors (Lipinski definition) is 10. The highest BCUT2D eigenvalue weighted by atomic mass is 32.2. The number of amides is 4. The molecule has 1 aliphatic heterocycles. The van der Waals surface area contributed by atoms with E-state index in [1.807, 2.05) is 58.0 Å². The number of benzene rings is 2. The summed E-state index contributed by atoms with van der Waals surface area (Å²) in [4.78, 5) is 47.0. The Morgan fingerprint density at radius 2 is 1.77 bits per heavy atom. The molecule has 0 aliphatic carbocycles. The fourth-order valence-corrected chi connectivity index (χ4v) is 8.46. The monoisotopic (exact) mass is 755 g/mol. The van der Waals surface area contributed by atoms with E-state index >= 15 is 0 Å². The fourth-order valence-electron chi connectivity index (χ4n) is 6.09. The number of carbonyl (C=O) groups is 3. The zero-order valence-corrected chi connectivity index (χ0v) is 31.8. The van der Waals surface area contributed by atoms with Gasteiger partial charge in [-0.2, -0.15) is 4.31 Å². The van der Waals surface area contributed by atoms with Crippen molar-refractivity contribution < 1.29 is 33.1 Å². The molecule has 2 aromatic carbocycles. The summed E-state index contributed by atoms with van der Waals surface area (Å²) in [5.41, 5.74) is 1.96. The summed E-state index contributed by atoms with van der Waals surface area (Å²) >= 11 is 1.27. The number of urea groups is 1. The number of anilines is 1. The quantitative estimate of drug-likeness (QED) is 0.0853. The van der Waals surface area contributed by atoms with E-state index in [0.29, 0.717) is 35.9 Å². The molecule has 0 spiro atoms. The SMILES string of the molecule is CC[C@H](C)[C@@H](C(=O)N[C@@H](Cc1ccccc1)[C@@H](O)CN(CC(C)C)S(=O)(=O)c1ccc(C=NO)cc1)N1CCN(Cc2csc(NC(C)=O)n2)C1=O. The number of carbonyl (C=O) groups excluding carboxylic acids is 3. The van der Waals surface area contributed by atoms with Gasteiger partial charge in [-0.1, -0.05) is 81.7 Å². The van der Waals surface area contributed by atoms with Crippen LogP contribution in [0.25, 0.3) is 0 Å². The Bertz CT molecular complexity index is 1790. The Morgan fingerprint density at radius 3 is 2.38 bits per heavy atom. The lowest BCUT2D eigenvalue weighted by Crippen LogP contribution is -2.57. The third-order valence-electron chi connectivity index (χ3n) is 8.88. The summed E-state index contributed by atoms with van der Waals surface area (Å²) in [5, 5.41) is 31.5. The second-order valence-electron chi connectivity index (χ2n) is 13.5. The van der Waals surface area contributed by atoms with Crippen molar-refractivity contribution in [2.24, 2.45) is 17.0 Å². The minimum absolute atomic E-state index is 0.0111. The average Bonchev–Trinajstić information content (AvgIpc) is 3.69. The lowest BCUT2D eigenvalue weighted by atomic mass is 9.95. The Labute approximate surface area is 309 Å². The predicted molar refractivity (Wildman–Crippen MR) is 200 cm³/mol. The first-order chi connectivity index (χ1) is 24.7. The fraction of sp³-hybridized carbons (Fsp3) is 0.472. The van der Waals surface area contributed by atoms with Gasteiger partial charge in [0.05, 0.1) is 35.5 Å². The molecule has 2 heterocycles. The van der Waals surface area contributed by atoms with E-state index in [0.717, 1.165) is 5.56 Å². The van der Waals surface area contributed by atoms with Crippen molar-refractivity contribution in [2.45, 2.75) is 77.1 Å². The van der Waals surface area contributed by atoms with Gasteiger partial charge in [-0.15, -0.1) is 11.3 Å². The van der Waals surface area contributed by atoms with Gasteiger partial charge in [0.2, 0.25) is 21.8 Å². The molecule has 4 rings (SSSR count). The smallest absolute Gasteiger partial charge is 0.321 e. The Kier molecular flexibility index (Phi) is 14.3. The minimum atomic E-state index is -4.08. The Morgan fingerprint density at radius 1 is 1.08 bits per heavy atom. The van der Waals surface area contributed by atoms with Crippen molar-refractivity contribution in [3.8, 4) is 0 Å². The lowest BCUT2D eigenvalue weighted by molar-refractivity contribution is -0.128. The molecule has 1 aromatic heterocycles. The summed E-state index contributed by atoms with van der Waals surface area (Å²) in [5.74, 6) is -0.992. The molecule has 0 unspecified atom stereocenters. The maximum Gasteiger partial charge on any atom is 0.321 e. The number of sulfonamides is 1. The van der Waals surface area contributed by atoms with Crippen LogP contribution in [-0.4, -0.2) is 106 Å². The van der Waals surface area contributed by atoms with Crippen molar-refractivity contribution >= 4 is 50.6 Å². The number of nitrogens with zero attached hydrogens (tertiary/aromatic N) is 5. The van der Waals surface area contributed by atoms with E-state index < -0.39 is 34.1 Å². The number of hydrogen-bond donors (Lipinski definition) is 4. The third kappa shape index (κ3) is 10.6. The zero-order chi connectivity index (χ0) is 38.0. The first-order valence-electron chi connectivity index (χ1n) is 17.3. The van der Waals surface area contributed by atoms with Crippen LogP contribution in [0, 0.1) is 11.8 Å². The highest BCUT2D eigenvalue weighted by Gasteiger charge is 2.41.